The van der Waals surface area contributed by atoms with Crippen LogP contribution in [0.25, 0.3) is 0 Å². The molecule has 0 spiro atoms. The predicted molar refractivity (Wildman–Crippen MR) is 169 cm³/mol. The number of hydrogen-bond acceptors (Lipinski definition) is 4. The number of rotatable bonds is 32. The number of carboxylic acids is 2. The van der Waals surface area contributed by atoms with Gasteiger partial charge in [0, 0.05) is 11.9 Å². The Morgan fingerprint density at radius 3 is 0.610 bits per heavy atom. The maximum absolute atomic E-state index is 10.2. The van der Waals surface area contributed by atoms with Crippen LogP contribution in [0.2, 0.25) is 0 Å². The van der Waals surface area contributed by atoms with Gasteiger partial charge < -0.3 is 19.8 Å². The van der Waals surface area contributed by atoms with Gasteiger partial charge in [0.2, 0.25) is 0 Å². The van der Waals surface area contributed by atoms with Crippen LogP contribution in [0.4, 0.5) is 0 Å². The molecule has 0 saturated heterocycles. The van der Waals surface area contributed by atoms with E-state index in [0.717, 1.165) is 25.7 Å². The Morgan fingerprint density at radius 1 is 0.317 bits per heavy atom. The van der Waals surface area contributed by atoms with Crippen molar-refractivity contribution in [3.8, 4) is 0 Å². The van der Waals surface area contributed by atoms with Gasteiger partial charge in [0.05, 0.1) is 0 Å². The summed E-state index contributed by atoms with van der Waals surface area (Å²) in [7, 11) is 0. The van der Waals surface area contributed by atoms with Crippen LogP contribution in [-0.4, -0.2) is 11.9 Å². The molecule has 0 radical (unpaired) electrons. The van der Waals surface area contributed by atoms with Crippen molar-refractivity contribution in [2.45, 2.75) is 219 Å². The van der Waals surface area contributed by atoms with E-state index in [2.05, 4.69) is 13.8 Å². The molecule has 0 amide bonds. The molecule has 4 nitrogen and oxygen atoms in total. The molecule has 0 aromatic rings. The Morgan fingerprint density at radius 2 is 0.463 bits per heavy atom. The molecule has 41 heavy (non-hydrogen) atoms. The monoisotopic (exact) mass is 618 g/mol. The van der Waals surface area contributed by atoms with Crippen molar-refractivity contribution in [2.75, 3.05) is 0 Å². The largest absolute Gasteiger partial charge is 2.00 e. The number of carbonyl (C=O) groups is 2. The number of aliphatic carboxylic acids is 2. The molecule has 0 unspecified atom stereocenters. The summed E-state index contributed by atoms with van der Waals surface area (Å²) in [6.45, 7) is 4.53. The first kappa shape index (κ1) is 44.9. The zero-order chi connectivity index (χ0) is 29.8. The van der Waals surface area contributed by atoms with Gasteiger partial charge in [0.1, 0.15) is 0 Å². The Bertz CT molecular complexity index is 454. The molecule has 0 atom stereocenters. The maximum Gasteiger partial charge on any atom is 2.00 e. The maximum atomic E-state index is 10.2. The third-order valence-electron chi connectivity index (χ3n) is 7.97. The third kappa shape index (κ3) is 49.5. The van der Waals surface area contributed by atoms with Crippen LogP contribution in [-0.2, 0) is 27.0 Å². The van der Waals surface area contributed by atoms with Gasteiger partial charge in [-0.3, -0.25) is 0 Å². The molecule has 0 N–H and O–H groups in total. The molecular formula is C36H70CrO4. The second-order valence-corrected chi connectivity index (χ2v) is 12.1. The van der Waals surface area contributed by atoms with Crippen molar-refractivity contribution < 1.29 is 37.2 Å². The SMILES string of the molecule is CCCCCCCCCCCCCCCCCC(=O)[O-].CCCCCCCCCCCCCCCCCC(=O)[O-].[Cr+2]. The number of carbonyl (C=O) groups excluding carboxylic acids is 2. The molecule has 244 valence electrons. The molecular weight excluding hydrogens is 548 g/mol. The minimum absolute atomic E-state index is 0. The molecule has 0 aliphatic rings. The molecule has 0 bridgehead atoms. The van der Waals surface area contributed by atoms with E-state index in [1.165, 1.54) is 167 Å². The fraction of sp³-hybridized carbons (Fsp3) is 0.944. The smallest absolute Gasteiger partial charge is 0.550 e. The first-order chi connectivity index (χ1) is 19.5. The zero-order valence-corrected chi connectivity index (χ0v) is 28.9. The molecule has 0 fully saturated rings. The van der Waals surface area contributed by atoms with Gasteiger partial charge in [-0.2, -0.15) is 0 Å². The van der Waals surface area contributed by atoms with E-state index in [1.54, 1.807) is 0 Å². The summed E-state index contributed by atoms with van der Waals surface area (Å²) in [6, 6.07) is 0. The summed E-state index contributed by atoms with van der Waals surface area (Å²) in [4.78, 5) is 20.4. The van der Waals surface area contributed by atoms with Gasteiger partial charge in [-0.15, -0.1) is 0 Å². The predicted octanol–water partition coefficient (Wildman–Crippen LogP) is 9.99. The fourth-order valence-electron chi connectivity index (χ4n) is 5.28. The van der Waals surface area contributed by atoms with Crippen molar-refractivity contribution in [1.29, 1.82) is 0 Å². The number of unbranched alkanes of at least 4 members (excludes halogenated alkanes) is 28. The van der Waals surface area contributed by atoms with Gasteiger partial charge in [0.25, 0.3) is 0 Å². The summed E-state index contributed by atoms with van der Waals surface area (Å²) in [5, 5.41) is 20.4. The van der Waals surface area contributed by atoms with Gasteiger partial charge in [-0.1, -0.05) is 194 Å². The molecule has 0 aromatic heterocycles. The molecule has 0 aliphatic carbocycles. The Kier molecular flexibility index (Phi) is 45.6. The quantitative estimate of drug-likeness (QED) is 0.0703. The molecule has 5 heteroatoms. The average Bonchev–Trinajstić information content (AvgIpc) is 2.93. The van der Waals surface area contributed by atoms with E-state index in [4.69, 9.17) is 0 Å². The van der Waals surface area contributed by atoms with E-state index in [1.807, 2.05) is 0 Å². The van der Waals surface area contributed by atoms with E-state index in [0.29, 0.717) is 0 Å². The van der Waals surface area contributed by atoms with Crippen molar-refractivity contribution in [1.82, 2.24) is 0 Å². The van der Waals surface area contributed by atoms with E-state index in [9.17, 15) is 19.8 Å². The molecule has 0 aromatic carbocycles. The molecule has 0 saturated carbocycles. The van der Waals surface area contributed by atoms with Crippen molar-refractivity contribution in [3.05, 3.63) is 0 Å². The Balaban J connectivity index is -0.000000688. The van der Waals surface area contributed by atoms with E-state index in [-0.39, 0.29) is 30.2 Å². The zero-order valence-electron chi connectivity index (χ0n) is 27.7. The summed E-state index contributed by atoms with van der Waals surface area (Å²) >= 11 is 0. The van der Waals surface area contributed by atoms with Crippen LogP contribution >= 0.6 is 0 Å². The van der Waals surface area contributed by atoms with Crippen LogP contribution in [0, 0.1) is 0 Å². The fourth-order valence-corrected chi connectivity index (χ4v) is 5.28. The molecule has 0 aliphatic heterocycles. The third-order valence-corrected chi connectivity index (χ3v) is 7.97. The first-order valence-electron chi connectivity index (χ1n) is 17.9. The molecule has 0 rings (SSSR count). The van der Waals surface area contributed by atoms with Crippen molar-refractivity contribution in [3.63, 3.8) is 0 Å². The second kappa shape index (κ2) is 41.6. The topological polar surface area (TPSA) is 80.3 Å². The minimum atomic E-state index is -0.903. The standard InChI is InChI=1S/2C18H36O2.Cr/c2*1-2-3-4-5-6-7-8-9-10-11-12-13-14-15-16-17-18(19)20;/h2*2-17H2,1H3,(H,19,20);/q;;+2/p-2. The first-order valence-corrected chi connectivity index (χ1v) is 17.9. The minimum Gasteiger partial charge on any atom is -0.550 e. The summed E-state index contributed by atoms with van der Waals surface area (Å²) in [5.41, 5.74) is 0. The summed E-state index contributed by atoms with van der Waals surface area (Å²) in [5.74, 6) is -1.81. The van der Waals surface area contributed by atoms with Gasteiger partial charge >= 0.3 is 17.4 Å². The van der Waals surface area contributed by atoms with E-state index >= 15 is 0 Å². The van der Waals surface area contributed by atoms with Crippen LogP contribution in [0.3, 0.4) is 0 Å². The Hall–Kier alpha value is -0.528. The van der Waals surface area contributed by atoms with Crippen LogP contribution < -0.4 is 10.2 Å². The Labute approximate surface area is 267 Å². The number of carboxylic acid groups (broad SMARTS) is 2. The molecule has 0 heterocycles. The van der Waals surface area contributed by atoms with Crippen molar-refractivity contribution in [2.24, 2.45) is 0 Å². The van der Waals surface area contributed by atoms with Crippen molar-refractivity contribution >= 4 is 11.9 Å². The second-order valence-electron chi connectivity index (χ2n) is 12.1. The van der Waals surface area contributed by atoms with E-state index < -0.39 is 11.9 Å². The van der Waals surface area contributed by atoms with Crippen LogP contribution in [0.5, 0.6) is 0 Å². The van der Waals surface area contributed by atoms with Crippen LogP contribution in [0.15, 0.2) is 0 Å². The van der Waals surface area contributed by atoms with Gasteiger partial charge in [-0.05, 0) is 25.7 Å². The summed E-state index contributed by atoms with van der Waals surface area (Å²) < 4.78 is 0. The number of hydrogen-bond donors (Lipinski definition) is 0. The van der Waals surface area contributed by atoms with Gasteiger partial charge in [-0.25, -0.2) is 0 Å². The summed E-state index contributed by atoms with van der Waals surface area (Å²) in [6.07, 6.45) is 39.7. The average molecular weight is 619 g/mol. The normalized spacial score (nSPS) is 10.6. The van der Waals surface area contributed by atoms with Gasteiger partial charge in [0.15, 0.2) is 0 Å². The van der Waals surface area contributed by atoms with Crippen LogP contribution in [0.1, 0.15) is 219 Å².